The third-order valence-electron chi connectivity index (χ3n) is 2.71. The molecule has 0 aromatic carbocycles. The van der Waals surface area contributed by atoms with E-state index < -0.39 is 5.60 Å². The highest BCUT2D eigenvalue weighted by Gasteiger charge is 2.35. The molecule has 0 radical (unpaired) electrons. The maximum absolute atomic E-state index is 11.9. The zero-order valence-electron chi connectivity index (χ0n) is 10.9. The Kier molecular flexibility index (Phi) is 4.23. The normalized spacial score (nSPS) is 24.4. The molecule has 0 aliphatic carbocycles. The molecule has 0 bridgehead atoms. The van der Waals surface area contributed by atoms with Crippen LogP contribution >= 0.6 is 0 Å². The molecule has 0 aromatic heterocycles. The topological polar surface area (TPSA) is 78.3 Å². The predicted molar refractivity (Wildman–Crippen MR) is 64.6 cm³/mol. The summed E-state index contributed by atoms with van der Waals surface area (Å²) >= 11 is 0. The molecular formula is C11H20N4O2. The first-order chi connectivity index (χ1) is 7.87. The fraction of sp³-hybridized carbons (Fsp3) is 0.909. The van der Waals surface area contributed by atoms with E-state index in [1.807, 2.05) is 27.7 Å². The van der Waals surface area contributed by atoms with Gasteiger partial charge in [-0.25, -0.2) is 4.79 Å². The fourth-order valence-corrected chi connectivity index (χ4v) is 1.98. The first kappa shape index (κ1) is 13.6. The van der Waals surface area contributed by atoms with Crippen LogP contribution in [0.2, 0.25) is 0 Å². The molecule has 1 rings (SSSR count). The van der Waals surface area contributed by atoms with Crippen molar-refractivity contribution in [2.45, 2.75) is 58.2 Å². The average Bonchev–Trinajstić information content (AvgIpc) is 2.59. The van der Waals surface area contributed by atoms with Crippen LogP contribution in [0.3, 0.4) is 0 Å². The molecule has 17 heavy (non-hydrogen) atoms. The largest absolute Gasteiger partial charge is 0.444 e. The molecule has 1 aliphatic heterocycles. The second-order valence-corrected chi connectivity index (χ2v) is 5.29. The lowest BCUT2D eigenvalue weighted by Gasteiger charge is -2.28. The number of nitrogens with zero attached hydrogens (tertiary/aromatic N) is 4. The minimum Gasteiger partial charge on any atom is -0.444 e. The van der Waals surface area contributed by atoms with E-state index in [1.54, 1.807) is 4.90 Å². The molecule has 1 heterocycles. The van der Waals surface area contributed by atoms with Gasteiger partial charge in [0.2, 0.25) is 0 Å². The van der Waals surface area contributed by atoms with Crippen LogP contribution in [0.5, 0.6) is 0 Å². The fourth-order valence-electron chi connectivity index (χ4n) is 1.98. The number of likely N-dealkylation sites (tertiary alicyclic amines) is 1. The van der Waals surface area contributed by atoms with Gasteiger partial charge in [0.15, 0.2) is 0 Å². The van der Waals surface area contributed by atoms with Gasteiger partial charge in [-0.1, -0.05) is 12.0 Å². The highest BCUT2D eigenvalue weighted by atomic mass is 16.6. The second-order valence-electron chi connectivity index (χ2n) is 5.29. The zero-order chi connectivity index (χ0) is 13.1. The van der Waals surface area contributed by atoms with Crippen molar-refractivity contribution in [3.05, 3.63) is 10.4 Å². The van der Waals surface area contributed by atoms with Gasteiger partial charge in [0, 0.05) is 17.5 Å². The number of carbonyl (C=O) groups excluding carboxylic acids is 1. The van der Waals surface area contributed by atoms with Crippen molar-refractivity contribution >= 4 is 6.09 Å². The van der Waals surface area contributed by atoms with Crippen molar-refractivity contribution in [1.29, 1.82) is 0 Å². The lowest BCUT2D eigenvalue weighted by Crippen LogP contribution is -2.39. The molecule has 2 atom stereocenters. The summed E-state index contributed by atoms with van der Waals surface area (Å²) in [6.45, 7) is 7.99. The van der Waals surface area contributed by atoms with E-state index in [9.17, 15) is 4.79 Å². The van der Waals surface area contributed by atoms with Gasteiger partial charge in [-0.05, 0) is 39.1 Å². The van der Waals surface area contributed by atoms with Crippen LogP contribution in [0, 0.1) is 0 Å². The van der Waals surface area contributed by atoms with E-state index in [4.69, 9.17) is 10.3 Å². The van der Waals surface area contributed by atoms with Gasteiger partial charge < -0.3 is 9.64 Å². The Morgan fingerprint density at radius 3 is 2.71 bits per heavy atom. The van der Waals surface area contributed by atoms with E-state index in [0.29, 0.717) is 6.54 Å². The monoisotopic (exact) mass is 240 g/mol. The summed E-state index contributed by atoms with van der Waals surface area (Å²) in [5.74, 6) is 0. The lowest BCUT2D eigenvalue weighted by atomic mass is 10.1. The Bertz CT molecular complexity index is 331. The maximum Gasteiger partial charge on any atom is 0.410 e. The number of amides is 1. The molecule has 0 N–H and O–H groups in total. The second kappa shape index (κ2) is 5.27. The van der Waals surface area contributed by atoms with Crippen molar-refractivity contribution in [3.8, 4) is 0 Å². The quantitative estimate of drug-likeness (QED) is 0.422. The highest BCUT2D eigenvalue weighted by molar-refractivity contribution is 5.69. The third kappa shape index (κ3) is 3.82. The van der Waals surface area contributed by atoms with Crippen molar-refractivity contribution in [2.75, 3.05) is 6.54 Å². The molecule has 6 heteroatoms. The molecule has 0 spiro atoms. The van der Waals surface area contributed by atoms with Crippen molar-refractivity contribution in [2.24, 2.45) is 5.11 Å². The minimum atomic E-state index is -0.494. The Hall–Kier alpha value is -1.42. The summed E-state index contributed by atoms with van der Waals surface area (Å²) in [5, 5.41) is 3.68. The molecule has 6 nitrogen and oxygen atoms in total. The summed E-state index contributed by atoms with van der Waals surface area (Å²) < 4.78 is 5.33. The number of rotatable bonds is 2. The van der Waals surface area contributed by atoms with Gasteiger partial charge in [0.25, 0.3) is 0 Å². The Balaban J connectivity index is 2.68. The summed E-state index contributed by atoms with van der Waals surface area (Å²) in [7, 11) is 0. The Labute approximate surface area is 102 Å². The van der Waals surface area contributed by atoms with Crippen LogP contribution in [0.1, 0.15) is 40.5 Å². The summed E-state index contributed by atoms with van der Waals surface area (Å²) in [5.41, 5.74) is 7.93. The Morgan fingerprint density at radius 2 is 2.24 bits per heavy atom. The first-order valence-corrected chi connectivity index (χ1v) is 5.91. The predicted octanol–water partition coefficient (Wildman–Crippen LogP) is 3.08. The van der Waals surface area contributed by atoms with Gasteiger partial charge in [-0.15, -0.1) is 0 Å². The minimum absolute atomic E-state index is 0.111. The van der Waals surface area contributed by atoms with E-state index >= 15 is 0 Å². The maximum atomic E-state index is 11.9. The standard InChI is InChI=1S/C11H20N4O2/c1-5-9-6-8(13-14-12)7-15(9)10(16)17-11(2,3)4/h8-9H,5-7H2,1-4H3/t8-,9+/m0/s1. The number of carbonyl (C=O) groups is 1. The van der Waals surface area contributed by atoms with Crippen molar-refractivity contribution in [3.63, 3.8) is 0 Å². The Morgan fingerprint density at radius 1 is 1.59 bits per heavy atom. The molecule has 0 aromatic rings. The van der Waals surface area contributed by atoms with Gasteiger partial charge >= 0.3 is 6.09 Å². The van der Waals surface area contributed by atoms with Crippen LogP contribution in [-0.4, -0.2) is 35.2 Å². The molecule has 1 amide bonds. The molecule has 1 aliphatic rings. The number of hydrogen-bond acceptors (Lipinski definition) is 3. The van der Waals surface area contributed by atoms with Gasteiger partial charge in [-0.2, -0.15) is 0 Å². The third-order valence-corrected chi connectivity index (χ3v) is 2.71. The highest BCUT2D eigenvalue weighted by Crippen LogP contribution is 2.25. The molecule has 0 saturated carbocycles. The summed E-state index contributed by atoms with van der Waals surface area (Å²) in [4.78, 5) is 16.4. The van der Waals surface area contributed by atoms with E-state index in [2.05, 4.69) is 10.0 Å². The van der Waals surface area contributed by atoms with Crippen molar-refractivity contribution < 1.29 is 9.53 Å². The van der Waals surface area contributed by atoms with Crippen LogP contribution in [0.4, 0.5) is 4.79 Å². The van der Waals surface area contributed by atoms with E-state index in [1.165, 1.54) is 0 Å². The average molecular weight is 240 g/mol. The summed E-state index contributed by atoms with van der Waals surface area (Å²) in [6.07, 6.45) is 1.25. The molecule has 1 saturated heterocycles. The first-order valence-electron chi connectivity index (χ1n) is 5.91. The smallest absolute Gasteiger partial charge is 0.410 e. The van der Waals surface area contributed by atoms with Crippen LogP contribution in [-0.2, 0) is 4.74 Å². The van der Waals surface area contributed by atoms with E-state index in [0.717, 1.165) is 12.8 Å². The lowest BCUT2D eigenvalue weighted by molar-refractivity contribution is 0.0222. The van der Waals surface area contributed by atoms with Crippen LogP contribution < -0.4 is 0 Å². The van der Waals surface area contributed by atoms with E-state index in [-0.39, 0.29) is 18.2 Å². The van der Waals surface area contributed by atoms with Gasteiger partial charge in [0.1, 0.15) is 5.60 Å². The summed E-state index contributed by atoms with van der Waals surface area (Å²) in [6, 6.07) is -0.0159. The SMILES string of the molecule is CC[C@@H]1C[C@H](N=[N+]=[N-])CN1C(=O)OC(C)(C)C. The van der Waals surface area contributed by atoms with Crippen LogP contribution in [0.15, 0.2) is 5.11 Å². The van der Waals surface area contributed by atoms with Gasteiger partial charge in [-0.3, -0.25) is 0 Å². The molecule has 0 unspecified atom stereocenters. The number of azide groups is 1. The number of hydrogen-bond donors (Lipinski definition) is 0. The van der Waals surface area contributed by atoms with Crippen molar-refractivity contribution in [1.82, 2.24) is 4.90 Å². The van der Waals surface area contributed by atoms with Crippen LogP contribution in [0.25, 0.3) is 10.4 Å². The van der Waals surface area contributed by atoms with Gasteiger partial charge in [0.05, 0.1) is 6.04 Å². The molecular weight excluding hydrogens is 220 g/mol. The molecule has 96 valence electrons. The zero-order valence-corrected chi connectivity index (χ0v) is 10.9. The number of ether oxygens (including phenoxy) is 1. The molecule has 1 fully saturated rings.